The fraction of sp³-hybridized carbons (Fsp3) is 0.0500. The Morgan fingerprint density at radius 1 is 0.818 bits per heavy atom. The van der Waals surface area contributed by atoms with E-state index >= 15 is 0 Å². The zero-order chi connectivity index (χ0) is 15.1. The maximum absolute atomic E-state index is 12.8. The van der Waals surface area contributed by atoms with Crippen molar-refractivity contribution in [3.8, 4) is 11.1 Å². The predicted molar refractivity (Wildman–Crippen MR) is 90.2 cm³/mol. The molecule has 1 heterocycles. The number of aryl methyl sites for hydroxylation is 1. The van der Waals surface area contributed by atoms with Crippen molar-refractivity contribution in [2.24, 2.45) is 0 Å². The van der Waals surface area contributed by atoms with Crippen molar-refractivity contribution in [1.82, 2.24) is 0 Å². The van der Waals surface area contributed by atoms with Gasteiger partial charge in [-0.15, -0.1) is 0 Å². The maximum Gasteiger partial charge on any atom is 0.200 e. The van der Waals surface area contributed by atoms with Crippen molar-refractivity contribution in [3.05, 3.63) is 82.5 Å². The van der Waals surface area contributed by atoms with Crippen LogP contribution < -0.4 is 5.43 Å². The zero-order valence-corrected chi connectivity index (χ0v) is 12.2. The number of hydrogen-bond donors (Lipinski definition) is 0. The summed E-state index contributed by atoms with van der Waals surface area (Å²) in [4.78, 5) is 12.8. The van der Waals surface area contributed by atoms with Gasteiger partial charge in [0.05, 0.1) is 10.8 Å². The van der Waals surface area contributed by atoms with E-state index in [1.165, 1.54) is 0 Å². The quantitative estimate of drug-likeness (QED) is 0.465. The van der Waals surface area contributed by atoms with Crippen molar-refractivity contribution in [2.45, 2.75) is 6.92 Å². The van der Waals surface area contributed by atoms with Crippen LogP contribution in [0.1, 0.15) is 5.56 Å². The number of hydrogen-bond acceptors (Lipinski definition) is 2. The lowest BCUT2D eigenvalue weighted by Gasteiger charge is -2.09. The van der Waals surface area contributed by atoms with Gasteiger partial charge in [-0.3, -0.25) is 4.79 Å². The third-order valence-electron chi connectivity index (χ3n) is 4.02. The van der Waals surface area contributed by atoms with Crippen LogP contribution in [0.25, 0.3) is 33.1 Å². The molecule has 0 atom stereocenters. The van der Waals surface area contributed by atoms with Gasteiger partial charge in [-0.25, -0.2) is 0 Å². The molecule has 106 valence electrons. The third-order valence-corrected chi connectivity index (χ3v) is 4.02. The van der Waals surface area contributed by atoms with E-state index in [1.54, 1.807) is 0 Å². The Morgan fingerprint density at radius 2 is 1.55 bits per heavy atom. The van der Waals surface area contributed by atoms with Crippen LogP contribution in [0.15, 0.2) is 75.9 Å². The standard InChI is InChI=1S/C20H14O2/c1-13-11-12-15(14-7-3-2-4-8-14)20-18(13)19(21)16-9-5-6-10-17(16)22-20/h2-12H,1H3. The summed E-state index contributed by atoms with van der Waals surface area (Å²) in [7, 11) is 0. The fourth-order valence-corrected chi connectivity index (χ4v) is 2.90. The first kappa shape index (κ1) is 12.8. The average molecular weight is 286 g/mol. The van der Waals surface area contributed by atoms with Crippen molar-refractivity contribution >= 4 is 21.9 Å². The Balaban J connectivity index is 2.22. The summed E-state index contributed by atoms with van der Waals surface area (Å²) in [5.74, 6) is 0. The monoisotopic (exact) mass is 286 g/mol. The number of fused-ring (bicyclic) bond motifs is 2. The van der Waals surface area contributed by atoms with E-state index in [0.717, 1.165) is 16.7 Å². The Labute approximate surface area is 127 Å². The highest BCUT2D eigenvalue weighted by Gasteiger charge is 2.14. The van der Waals surface area contributed by atoms with Gasteiger partial charge in [-0.1, -0.05) is 54.6 Å². The lowest BCUT2D eigenvalue weighted by Crippen LogP contribution is -2.04. The topological polar surface area (TPSA) is 30.2 Å². The highest BCUT2D eigenvalue weighted by Crippen LogP contribution is 2.31. The second-order valence-corrected chi connectivity index (χ2v) is 5.43. The molecule has 0 saturated heterocycles. The molecule has 0 aliphatic heterocycles. The molecule has 0 aliphatic carbocycles. The molecule has 0 radical (unpaired) electrons. The van der Waals surface area contributed by atoms with Crippen molar-refractivity contribution in [3.63, 3.8) is 0 Å². The van der Waals surface area contributed by atoms with E-state index in [4.69, 9.17) is 4.42 Å². The molecule has 4 aromatic rings. The number of rotatable bonds is 1. The molecule has 3 aromatic carbocycles. The van der Waals surface area contributed by atoms with Gasteiger partial charge in [0.25, 0.3) is 0 Å². The van der Waals surface area contributed by atoms with Gasteiger partial charge in [0.15, 0.2) is 0 Å². The summed E-state index contributed by atoms with van der Waals surface area (Å²) >= 11 is 0. The van der Waals surface area contributed by atoms with E-state index in [2.05, 4.69) is 0 Å². The maximum atomic E-state index is 12.8. The Bertz CT molecular complexity index is 1040. The molecule has 0 fully saturated rings. The first-order chi connectivity index (χ1) is 10.8. The first-order valence-corrected chi connectivity index (χ1v) is 7.26. The van der Waals surface area contributed by atoms with Crippen molar-refractivity contribution in [2.75, 3.05) is 0 Å². The van der Waals surface area contributed by atoms with Gasteiger partial charge in [0, 0.05) is 5.56 Å². The van der Waals surface area contributed by atoms with Crippen LogP contribution in [-0.2, 0) is 0 Å². The number of benzene rings is 3. The number of para-hydroxylation sites is 1. The summed E-state index contributed by atoms with van der Waals surface area (Å²) < 4.78 is 6.09. The van der Waals surface area contributed by atoms with Crippen molar-refractivity contribution < 1.29 is 4.42 Å². The minimum Gasteiger partial charge on any atom is -0.455 e. The summed E-state index contributed by atoms with van der Waals surface area (Å²) in [6.45, 7) is 1.95. The second kappa shape index (κ2) is 4.85. The van der Waals surface area contributed by atoms with E-state index < -0.39 is 0 Å². The van der Waals surface area contributed by atoms with Crippen LogP contribution in [0.4, 0.5) is 0 Å². The second-order valence-electron chi connectivity index (χ2n) is 5.43. The highest BCUT2D eigenvalue weighted by molar-refractivity contribution is 5.99. The predicted octanol–water partition coefficient (Wildman–Crippen LogP) is 4.92. The molecular weight excluding hydrogens is 272 g/mol. The zero-order valence-electron chi connectivity index (χ0n) is 12.2. The molecule has 4 rings (SSSR count). The molecule has 0 aliphatic rings. The van der Waals surface area contributed by atoms with E-state index in [0.29, 0.717) is 21.9 Å². The van der Waals surface area contributed by atoms with Crippen LogP contribution in [0.2, 0.25) is 0 Å². The van der Waals surface area contributed by atoms with Crippen LogP contribution in [0.5, 0.6) is 0 Å². The van der Waals surface area contributed by atoms with Crippen LogP contribution >= 0.6 is 0 Å². The molecule has 0 saturated carbocycles. The molecule has 0 spiro atoms. The minimum absolute atomic E-state index is 0.0344. The summed E-state index contributed by atoms with van der Waals surface area (Å²) in [6.07, 6.45) is 0. The molecule has 2 nitrogen and oxygen atoms in total. The molecule has 0 bridgehead atoms. The van der Waals surface area contributed by atoms with E-state index in [-0.39, 0.29) is 5.43 Å². The smallest absolute Gasteiger partial charge is 0.200 e. The van der Waals surface area contributed by atoms with Gasteiger partial charge >= 0.3 is 0 Å². The normalized spacial score (nSPS) is 11.1. The molecular formula is C20H14O2. The van der Waals surface area contributed by atoms with E-state index in [1.807, 2.05) is 73.7 Å². The van der Waals surface area contributed by atoms with Gasteiger partial charge < -0.3 is 4.42 Å². The minimum atomic E-state index is 0.0344. The summed E-state index contributed by atoms with van der Waals surface area (Å²) in [6, 6.07) is 21.4. The van der Waals surface area contributed by atoms with Crippen LogP contribution in [-0.4, -0.2) is 0 Å². The molecule has 0 unspecified atom stereocenters. The average Bonchev–Trinajstić information content (AvgIpc) is 2.56. The summed E-state index contributed by atoms with van der Waals surface area (Å²) in [5, 5.41) is 1.29. The lowest BCUT2D eigenvalue weighted by atomic mass is 9.99. The first-order valence-electron chi connectivity index (χ1n) is 7.26. The highest BCUT2D eigenvalue weighted by atomic mass is 16.3. The van der Waals surface area contributed by atoms with Crippen molar-refractivity contribution in [1.29, 1.82) is 0 Å². The molecule has 0 amide bonds. The summed E-state index contributed by atoms with van der Waals surface area (Å²) in [5.41, 5.74) is 4.26. The van der Waals surface area contributed by atoms with Gasteiger partial charge in [-0.2, -0.15) is 0 Å². The molecule has 2 heteroatoms. The Kier molecular flexibility index (Phi) is 2.83. The molecule has 0 N–H and O–H groups in total. The van der Waals surface area contributed by atoms with E-state index in [9.17, 15) is 4.79 Å². The lowest BCUT2D eigenvalue weighted by molar-refractivity contribution is 0.661. The van der Waals surface area contributed by atoms with Crippen LogP contribution in [0, 0.1) is 6.92 Å². The molecule has 22 heavy (non-hydrogen) atoms. The SMILES string of the molecule is Cc1ccc(-c2ccccc2)c2oc3ccccc3c(=O)c12. The Morgan fingerprint density at radius 3 is 2.36 bits per heavy atom. The molecule has 1 aromatic heterocycles. The van der Waals surface area contributed by atoms with Gasteiger partial charge in [0.2, 0.25) is 5.43 Å². The van der Waals surface area contributed by atoms with Gasteiger partial charge in [-0.05, 0) is 30.2 Å². The van der Waals surface area contributed by atoms with Crippen LogP contribution in [0.3, 0.4) is 0 Å². The largest absolute Gasteiger partial charge is 0.455 e. The Hall–Kier alpha value is -2.87. The third kappa shape index (κ3) is 1.85. The van der Waals surface area contributed by atoms with Gasteiger partial charge in [0.1, 0.15) is 11.2 Å². The fourth-order valence-electron chi connectivity index (χ4n) is 2.90.